The molecular formula is C17H21N5O2. The Balaban J connectivity index is 1.60. The van der Waals surface area contributed by atoms with Crippen LogP contribution in [0.25, 0.3) is 5.69 Å². The quantitative estimate of drug-likeness (QED) is 0.925. The second-order valence-corrected chi connectivity index (χ2v) is 5.61. The average Bonchev–Trinajstić information content (AvgIpc) is 3.16. The normalized spacial score (nSPS) is 14.5. The van der Waals surface area contributed by atoms with Crippen LogP contribution < -0.4 is 5.32 Å². The molecule has 0 atom stereocenters. The molecule has 1 saturated heterocycles. The Bertz CT molecular complexity index is 688. The molecule has 3 rings (SSSR count). The van der Waals surface area contributed by atoms with E-state index >= 15 is 0 Å². The summed E-state index contributed by atoms with van der Waals surface area (Å²) >= 11 is 0. The number of hydrogen-bond acceptors (Lipinski definition) is 3. The van der Waals surface area contributed by atoms with Crippen molar-refractivity contribution in [3.05, 3.63) is 48.3 Å². The van der Waals surface area contributed by atoms with Gasteiger partial charge in [0.1, 0.15) is 0 Å². The summed E-state index contributed by atoms with van der Waals surface area (Å²) in [7, 11) is 0. The Morgan fingerprint density at radius 2 is 1.75 bits per heavy atom. The number of amides is 3. The number of hydrogen-bond donors (Lipinski definition) is 1. The van der Waals surface area contributed by atoms with Gasteiger partial charge in [0.2, 0.25) is 0 Å². The van der Waals surface area contributed by atoms with Crippen LogP contribution in [0.5, 0.6) is 0 Å². The van der Waals surface area contributed by atoms with E-state index in [4.69, 9.17) is 0 Å². The minimum Gasteiger partial charge on any atom is -0.338 e. The van der Waals surface area contributed by atoms with Crippen LogP contribution in [-0.2, 0) is 0 Å². The highest BCUT2D eigenvalue weighted by atomic mass is 16.2. The number of carbonyl (C=O) groups excluding carboxylic acids is 2. The molecule has 0 saturated carbocycles. The van der Waals surface area contributed by atoms with Gasteiger partial charge in [-0.05, 0) is 37.3 Å². The summed E-state index contributed by atoms with van der Waals surface area (Å²) in [5, 5.41) is 6.95. The van der Waals surface area contributed by atoms with Crippen LogP contribution >= 0.6 is 0 Å². The molecule has 1 aliphatic rings. The smallest absolute Gasteiger partial charge is 0.317 e. The number of aromatic nitrogens is 2. The number of benzene rings is 1. The SMILES string of the molecule is CCNC(=O)N1CCN(C(=O)c2ccc(-n3cccn3)cc2)CC1. The fourth-order valence-corrected chi connectivity index (χ4v) is 2.74. The van der Waals surface area contributed by atoms with Gasteiger partial charge in [-0.1, -0.05) is 0 Å². The highest BCUT2D eigenvalue weighted by Gasteiger charge is 2.24. The molecule has 0 bridgehead atoms. The van der Waals surface area contributed by atoms with Crippen LogP contribution in [0.3, 0.4) is 0 Å². The predicted octanol–water partition coefficient (Wildman–Crippen LogP) is 1.36. The highest BCUT2D eigenvalue weighted by Crippen LogP contribution is 2.12. The van der Waals surface area contributed by atoms with Crippen molar-refractivity contribution < 1.29 is 9.59 Å². The van der Waals surface area contributed by atoms with Gasteiger partial charge in [0, 0.05) is 50.7 Å². The third-order valence-electron chi connectivity index (χ3n) is 4.07. The second kappa shape index (κ2) is 7.16. The van der Waals surface area contributed by atoms with Crippen molar-refractivity contribution in [3.63, 3.8) is 0 Å². The fourth-order valence-electron chi connectivity index (χ4n) is 2.74. The van der Waals surface area contributed by atoms with Gasteiger partial charge in [0.05, 0.1) is 5.69 Å². The Kier molecular flexibility index (Phi) is 4.79. The largest absolute Gasteiger partial charge is 0.338 e. The van der Waals surface area contributed by atoms with Crippen LogP contribution in [0.1, 0.15) is 17.3 Å². The lowest BCUT2D eigenvalue weighted by atomic mass is 10.1. The Hall–Kier alpha value is -2.83. The Morgan fingerprint density at radius 1 is 1.08 bits per heavy atom. The predicted molar refractivity (Wildman–Crippen MR) is 90.1 cm³/mol. The second-order valence-electron chi connectivity index (χ2n) is 5.61. The van der Waals surface area contributed by atoms with Crippen molar-refractivity contribution in [2.24, 2.45) is 0 Å². The molecule has 7 heteroatoms. The van der Waals surface area contributed by atoms with E-state index in [1.807, 2.05) is 43.5 Å². The summed E-state index contributed by atoms with van der Waals surface area (Å²) in [5.41, 5.74) is 1.56. The fraction of sp³-hybridized carbons (Fsp3) is 0.353. The minimum atomic E-state index is -0.0619. The summed E-state index contributed by atoms with van der Waals surface area (Å²) in [6.07, 6.45) is 3.57. The van der Waals surface area contributed by atoms with Crippen LogP contribution in [0, 0.1) is 0 Å². The number of piperazine rings is 1. The molecule has 2 heterocycles. The van der Waals surface area contributed by atoms with Crippen molar-refractivity contribution in [3.8, 4) is 5.69 Å². The zero-order chi connectivity index (χ0) is 16.9. The molecule has 1 aliphatic heterocycles. The van der Waals surface area contributed by atoms with Crippen LogP contribution in [0.4, 0.5) is 4.79 Å². The average molecular weight is 327 g/mol. The van der Waals surface area contributed by atoms with E-state index in [0.717, 1.165) is 5.69 Å². The van der Waals surface area contributed by atoms with E-state index in [9.17, 15) is 9.59 Å². The molecule has 0 unspecified atom stereocenters. The van der Waals surface area contributed by atoms with Crippen molar-refractivity contribution >= 4 is 11.9 Å². The molecule has 3 amide bonds. The first-order valence-corrected chi connectivity index (χ1v) is 8.11. The molecule has 1 fully saturated rings. The first-order chi connectivity index (χ1) is 11.7. The first kappa shape index (κ1) is 16.0. The van der Waals surface area contributed by atoms with Gasteiger partial charge < -0.3 is 15.1 Å². The van der Waals surface area contributed by atoms with Gasteiger partial charge in [0.25, 0.3) is 5.91 Å². The van der Waals surface area contributed by atoms with Crippen LogP contribution in [-0.4, -0.2) is 64.2 Å². The maximum atomic E-state index is 12.6. The standard InChI is InChI=1S/C17H21N5O2/c1-2-18-17(24)21-12-10-20(11-13-21)16(23)14-4-6-15(7-5-14)22-9-3-8-19-22/h3-9H,2,10-13H2,1H3,(H,18,24). The molecule has 0 aliphatic carbocycles. The van der Waals surface area contributed by atoms with Crippen molar-refractivity contribution in [1.82, 2.24) is 24.9 Å². The molecule has 2 aromatic rings. The van der Waals surface area contributed by atoms with E-state index in [-0.39, 0.29) is 11.9 Å². The molecular weight excluding hydrogens is 306 g/mol. The zero-order valence-corrected chi connectivity index (χ0v) is 13.7. The summed E-state index contributed by atoms with van der Waals surface area (Å²) in [6.45, 7) is 4.73. The Morgan fingerprint density at radius 3 is 2.33 bits per heavy atom. The van der Waals surface area contributed by atoms with E-state index in [0.29, 0.717) is 38.3 Å². The lowest BCUT2D eigenvalue weighted by molar-refractivity contribution is 0.0665. The minimum absolute atomic E-state index is 0.00225. The van der Waals surface area contributed by atoms with E-state index < -0.39 is 0 Å². The molecule has 126 valence electrons. The number of carbonyl (C=O) groups is 2. The topological polar surface area (TPSA) is 70.5 Å². The monoisotopic (exact) mass is 327 g/mol. The van der Waals surface area contributed by atoms with Crippen molar-refractivity contribution in [2.45, 2.75) is 6.92 Å². The number of nitrogens with zero attached hydrogens (tertiary/aromatic N) is 4. The number of nitrogens with one attached hydrogen (secondary N) is 1. The van der Waals surface area contributed by atoms with Gasteiger partial charge in [-0.3, -0.25) is 4.79 Å². The summed E-state index contributed by atoms with van der Waals surface area (Å²) in [6, 6.07) is 9.18. The molecule has 0 radical (unpaired) electrons. The summed E-state index contributed by atoms with van der Waals surface area (Å²) < 4.78 is 1.75. The van der Waals surface area contributed by atoms with Crippen molar-refractivity contribution in [1.29, 1.82) is 0 Å². The molecule has 24 heavy (non-hydrogen) atoms. The van der Waals surface area contributed by atoms with Crippen LogP contribution in [0.2, 0.25) is 0 Å². The van der Waals surface area contributed by atoms with E-state index in [1.165, 1.54) is 0 Å². The molecule has 1 aromatic heterocycles. The van der Waals surface area contributed by atoms with Crippen LogP contribution in [0.15, 0.2) is 42.7 Å². The Labute approximate surface area is 140 Å². The highest BCUT2D eigenvalue weighted by molar-refractivity contribution is 5.94. The number of urea groups is 1. The molecule has 0 spiro atoms. The molecule has 7 nitrogen and oxygen atoms in total. The van der Waals surface area contributed by atoms with Gasteiger partial charge in [-0.25, -0.2) is 9.48 Å². The molecule has 1 N–H and O–H groups in total. The van der Waals surface area contributed by atoms with Gasteiger partial charge >= 0.3 is 6.03 Å². The third-order valence-corrected chi connectivity index (χ3v) is 4.07. The first-order valence-electron chi connectivity index (χ1n) is 8.11. The lowest BCUT2D eigenvalue weighted by Crippen LogP contribution is -2.53. The summed E-state index contributed by atoms with van der Waals surface area (Å²) in [4.78, 5) is 27.9. The maximum absolute atomic E-state index is 12.6. The maximum Gasteiger partial charge on any atom is 0.317 e. The van der Waals surface area contributed by atoms with Crippen molar-refractivity contribution in [2.75, 3.05) is 32.7 Å². The van der Waals surface area contributed by atoms with Gasteiger partial charge in [0.15, 0.2) is 0 Å². The van der Waals surface area contributed by atoms with E-state index in [2.05, 4.69) is 10.4 Å². The lowest BCUT2D eigenvalue weighted by Gasteiger charge is -2.34. The van der Waals surface area contributed by atoms with E-state index in [1.54, 1.807) is 20.7 Å². The number of rotatable bonds is 3. The third kappa shape index (κ3) is 3.40. The zero-order valence-electron chi connectivity index (χ0n) is 13.7. The van der Waals surface area contributed by atoms with Gasteiger partial charge in [-0.2, -0.15) is 5.10 Å². The molecule has 1 aromatic carbocycles. The van der Waals surface area contributed by atoms with Gasteiger partial charge in [-0.15, -0.1) is 0 Å². The summed E-state index contributed by atoms with van der Waals surface area (Å²) in [5.74, 6) is -0.00225.